The van der Waals surface area contributed by atoms with Gasteiger partial charge in [0.25, 0.3) is 0 Å². The average Bonchev–Trinajstić information content (AvgIpc) is 1.92. The van der Waals surface area contributed by atoms with E-state index in [0.717, 1.165) is 0 Å². The van der Waals surface area contributed by atoms with Crippen LogP contribution in [0.25, 0.3) is 0 Å². The Labute approximate surface area is 127 Å². The van der Waals surface area contributed by atoms with Crippen LogP contribution < -0.4 is 0 Å². The summed E-state index contributed by atoms with van der Waals surface area (Å²) in [5.41, 5.74) is 2.74. The zero-order valence-electron chi connectivity index (χ0n) is 7.43. The second kappa shape index (κ2) is 7.95. The summed E-state index contributed by atoms with van der Waals surface area (Å²) in [5.74, 6) is 0. The van der Waals surface area contributed by atoms with Crippen LogP contribution in [-0.4, -0.2) is 68.9 Å². The summed E-state index contributed by atoms with van der Waals surface area (Å²) in [5, 5.41) is 0. The molecule has 0 amide bonds. The maximum absolute atomic E-state index is 8.74. The first-order valence-electron chi connectivity index (χ1n) is 3.53. The maximum atomic E-state index is 8.74. The summed E-state index contributed by atoms with van der Waals surface area (Å²) >= 11 is 0. The normalized spacial score (nSPS) is 9.43. The van der Waals surface area contributed by atoms with E-state index in [-0.39, 0.29) is 51.4 Å². The van der Waals surface area contributed by atoms with Gasteiger partial charge in [-0.1, -0.05) is 24.3 Å². The van der Waals surface area contributed by atoms with Crippen molar-refractivity contribution in [3.8, 4) is 0 Å². The Kier molecular flexibility index (Phi) is 9.72. The molecule has 0 aromatic heterocycles. The molecule has 2 N–H and O–H groups in total. The van der Waals surface area contributed by atoms with Crippen molar-refractivity contribution in [2.45, 2.75) is 13.8 Å². The Morgan fingerprint density at radius 1 is 1.00 bits per heavy atom. The van der Waals surface area contributed by atoms with Crippen LogP contribution in [0.1, 0.15) is 11.1 Å². The molecule has 1 aromatic rings. The molecule has 6 heteroatoms. The van der Waals surface area contributed by atoms with Crippen LogP contribution in [0.4, 0.5) is 0 Å². The van der Waals surface area contributed by atoms with Gasteiger partial charge in [-0.2, -0.15) is 8.42 Å². The molecule has 0 bridgehead atoms. The van der Waals surface area contributed by atoms with Gasteiger partial charge in [-0.25, -0.2) is 0 Å². The third-order valence-corrected chi connectivity index (χ3v) is 1.43. The molecule has 0 aliphatic carbocycles. The topological polar surface area (TPSA) is 74.6 Å². The van der Waals surface area contributed by atoms with Gasteiger partial charge >= 0.3 is 61.8 Å². The van der Waals surface area contributed by atoms with Crippen molar-refractivity contribution in [1.82, 2.24) is 0 Å². The van der Waals surface area contributed by atoms with Gasteiger partial charge in [0.1, 0.15) is 0 Å². The van der Waals surface area contributed by atoms with E-state index < -0.39 is 10.4 Å². The number of rotatable bonds is 0. The van der Waals surface area contributed by atoms with Crippen molar-refractivity contribution in [2.24, 2.45) is 0 Å². The van der Waals surface area contributed by atoms with Crippen LogP contribution in [-0.2, 0) is 10.4 Å². The molecule has 0 aliphatic rings. The molecular formula is C8H13KO4S. The minimum absolute atomic E-state index is 0. The van der Waals surface area contributed by atoms with Gasteiger partial charge in [0.05, 0.1) is 0 Å². The molecule has 14 heavy (non-hydrogen) atoms. The second-order valence-electron chi connectivity index (χ2n) is 2.53. The monoisotopic (exact) mass is 244 g/mol. The molecule has 4 nitrogen and oxygen atoms in total. The molecule has 1 rings (SSSR count). The average molecular weight is 244 g/mol. The Bertz CT molecular complexity index is 332. The Morgan fingerprint density at radius 2 is 1.21 bits per heavy atom. The SMILES string of the molecule is Cc1ccccc1C.O=S(=O)(O)O.[KH]. The molecule has 76 valence electrons. The van der Waals surface area contributed by atoms with Gasteiger partial charge in [-0.15, -0.1) is 0 Å². The van der Waals surface area contributed by atoms with Crippen LogP contribution in [0, 0.1) is 13.8 Å². The van der Waals surface area contributed by atoms with Crippen LogP contribution in [0.2, 0.25) is 0 Å². The van der Waals surface area contributed by atoms with Crippen LogP contribution >= 0.6 is 0 Å². The quantitative estimate of drug-likeness (QED) is 0.527. The molecule has 0 spiro atoms. The van der Waals surface area contributed by atoms with Gasteiger partial charge < -0.3 is 0 Å². The summed E-state index contributed by atoms with van der Waals surface area (Å²) in [7, 11) is -4.67. The molecule has 0 unspecified atom stereocenters. The summed E-state index contributed by atoms with van der Waals surface area (Å²) in [6.45, 7) is 4.24. The number of hydrogen-bond donors (Lipinski definition) is 2. The van der Waals surface area contributed by atoms with Gasteiger partial charge in [0.15, 0.2) is 0 Å². The van der Waals surface area contributed by atoms with Crippen molar-refractivity contribution in [2.75, 3.05) is 0 Å². The van der Waals surface area contributed by atoms with Crippen molar-refractivity contribution in [3.05, 3.63) is 35.4 Å². The molecule has 0 fully saturated rings. The Balaban J connectivity index is 0. The van der Waals surface area contributed by atoms with E-state index in [1.165, 1.54) is 11.1 Å². The van der Waals surface area contributed by atoms with Crippen molar-refractivity contribution in [3.63, 3.8) is 0 Å². The van der Waals surface area contributed by atoms with Gasteiger partial charge in [0.2, 0.25) is 0 Å². The molecule has 0 saturated heterocycles. The van der Waals surface area contributed by atoms with Crippen LogP contribution in [0.15, 0.2) is 24.3 Å². The molecule has 0 aliphatic heterocycles. The third-order valence-electron chi connectivity index (χ3n) is 1.43. The van der Waals surface area contributed by atoms with E-state index in [2.05, 4.69) is 38.1 Å². The predicted molar refractivity (Wildman–Crippen MR) is 57.2 cm³/mol. The van der Waals surface area contributed by atoms with E-state index in [4.69, 9.17) is 17.5 Å². The molecule has 1 aromatic carbocycles. The zero-order valence-corrected chi connectivity index (χ0v) is 8.25. The van der Waals surface area contributed by atoms with Gasteiger partial charge in [-0.05, 0) is 25.0 Å². The van der Waals surface area contributed by atoms with E-state index in [1.54, 1.807) is 0 Å². The first kappa shape index (κ1) is 17.1. The summed E-state index contributed by atoms with van der Waals surface area (Å²) < 4.78 is 31.6. The fraction of sp³-hybridized carbons (Fsp3) is 0.250. The van der Waals surface area contributed by atoms with Crippen molar-refractivity contribution < 1.29 is 17.5 Å². The molecule has 0 atom stereocenters. The molecule has 0 heterocycles. The number of benzene rings is 1. The summed E-state index contributed by atoms with van der Waals surface area (Å²) in [4.78, 5) is 0. The standard InChI is InChI=1S/C8H10.K.H2O4S.H/c1-7-5-3-4-6-8(7)2;;1-5(2,3)4;/h3-6H,1-2H3;;(H2,1,2,3,4);. The number of hydrogen-bond acceptors (Lipinski definition) is 2. The van der Waals surface area contributed by atoms with E-state index in [9.17, 15) is 0 Å². The Hall–Kier alpha value is 0.726. The summed E-state index contributed by atoms with van der Waals surface area (Å²) in [6.07, 6.45) is 0. The van der Waals surface area contributed by atoms with E-state index in [1.807, 2.05) is 0 Å². The molecule has 0 radical (unpaired) electrons. The molecular weight excluding hydrogens is 231 g/mol. The predicted octanol–water partition coefficient (Wildman–Crippen LogP) is 1.00. The minimum atomic E-state index is -4.67. The second-order valence-corrected chi connectivity index (χ2v) is 3.43. The molecule has 0 saturated carbocycles. The summed E-state index contributed by atoms with van der Waals surface area (Å²) in [6, 6.07) is 8.36. The first-order valence-corrected chi connectivity index (χ1v) is 4.92. The fourth-order valence-corrected chi connectivity index (χ4v) is 0.663. The number of aryl methyl sites for hydroxylation is 2. The van der Waals surface area contributed by atoms with Crippen molar-refractivity contribution in [1.29, 1.82) is 0 Å². The zero-order chi connectivity index (χ0) is 10.5. The van der Waals surface area contributed by atoms with Crippen LogP contribution in [0.3, 0.4) is 0 Å². The van der Waals surface area contributed by atoms with Crippen LogP contribution in [0.5, 0.6) is 0 Å². The first-order chi connectivity index (χ1) is 5.80. The van der Waals surface area contributed by atoms with E-state index >= 15 is 0 Å². The van der Waals surface area contributed by atoms with Gasteiger partial charge in [0, 0.05) is 0 Å². The van der Waals surface area contributed by atoms with E-state index in [0.29, 0.717) is 0 Å². The van der Waals surface area contributed by atoms with Crippen molar-refractivity contribution >= 4 is 61.8 Å². The third kappa shape index (κ3) is 12.7. The van der Waals surface area contributed by atoms with Gasteiger partial charge in [-0.3, -0.25) is 9.11 Å². The fourth-order valence-electron chi connectivity index (χ4n) is 0.663. The Morgan fingerprint density at radius 3 is 1.36 bits per heavy atom.